The summed E-state index contributed by atoms with van der Waals surface area (Å²) >= 11 is 6.97. The van der Waals surface area contributed by atoms with Gasteiger partial charge in [-0.1, -0.05) is 30.7 Å². The molecule has 0 bridgehead atoms. The molecule has 2 aromatic carbocycles. The van der Waals surface area contributed by atoms with Crippen LogP contribution in [0.5, 0.6) is 0 Å². The maximum Gasteiger partial charge on any atom is 0.293 e. The maximum absolute atomic E-state index is 13.1. The highest BCUT2D eigenvalue weighted by Gasteiger charge is 2.38. The zero-order valence-electron chi connectivity index (χ0n) is 20.1. The fraction of sp³-hybridized carbons (Fsp3) is 0.407. The van der Waals surface area contributed by atoms with Gasteiger partial charge in [0.25, 0.3) is 11.1 Å². The number of amides is 2. The summed E-state index contributed by atoms with van der Waals surface area (Å²) in [6.45, 7) is 13.7. The Morgan fingerprint density at radius 1 is 1.18 bits per heavy atom. The molecule has 2 heterocycles. The second kappa shape index (κ2) is 8.84. The molecule has 2 aliphatic rings. The number of benzene rings is 2. The van der Waals surface area contributed by atoms with Crippen molar-refractivity contribution in [1.29, 1.82) is 0 Å². The van der Waals surface area contributed by atoms with Gasteiger partial charge in [0.2, 0.25) is 0 Å². The second-order valence-electron chi connectivity index (χ2n) is 10.0. The van der Waals surface area contributed by atoms with E-state index in [0.29, 0.717) is 21.9 Å². The Kier molecular flexibility index (Phi) is 6.41. The lowest BCUT2D eigenvalue weighted by atomic mass is 9.78. The van der Waals surface area contributed by atoms with Crippen LogP contribution in [0.2, 0.25) is 5.02 Å². The molecule has 33 heavy (non-hydrogen) atoms. The first kappa shape index (κ1) is 23.9. The second-order valence-corrected chi connectivity index (χ2v) is 11.5. The van der Waals surface area contributed by atoms with Gasteiger partial charge in [0, 0.05) is 22.3 Å². The van der Waals surface area contributed by atoms with Gasteiger partial charge in [-0.05, 0) is 111 Å². The summed E-state index contributed by atoms with van der Waals surface area (Å²) in [4.78, 5) is 30.0. The highest BCUT2D eigenvalue weighted by molar-refractivity contribution is 8.18. The molecule has 0 aromatic heterocycles. The van der Waals surface area contributed by atoms with E-state index in [-0.39, 0.29) is 23.2 Å². The predicted molar refractivity (Wildman–Crippen MR) is 139 cm³/mol. The van der Waals surface area contributed by atoms with Crippen molar-refractivity contribution in [2.75, 3.05) is 4.90 Å². The van der Waals surface area contributed by atoms with E-state index in [1.807, 2.05) is 18.2 Å². The molecule has 2 aliphatic heterocycles. The molecule has 6 heteroatoms. The molecule has 4 nitrogen and oxygen atoms in total. The SMILES string of the molecule is Cc1cc2c(cc1/C=C1\SC(=O)N(Cc3ccc(Cl)cc3)C1=O)[C@H](C)CC(C)(C)N2C(C)C. The van der Waals surface area contributed by atoms with E-state index < -0.39 is 0 Å². The van der Waals surface area contributed by atoms with E-state index >= 15 is 0 Å². The van der Waals surface area contributed by atoms with Gasteiger partial charge >= 0.3 is 0 Å². The molecule has 2 amide bonds. The van der Waals surface area contributed by atoms with Gasteiger partial charge in [-0.15, -0.1) is 0 Å². The Morgan fingerprint density at radius 3 is 2.48 bits per heavy atom. The van der Waals surface area contributed by atoms with Crippen molar-refractivity contribution in [2.45, 2.75) is 72.0 Å². The van der Waals surface area contributed by atoms with Crippen LogP contribution < -0.4 is 4.90 Å². The number of fused-ring (bicyclic) bond motifs is 1. The predicted octanol–water partition coefficient (Wildman–Crippen LogP) is 7.39. The van der Waals surface area contributed by atoms with Gasteiger partial charge in [-0.2, -0.15) is 0 Å². The molecule has 1 atom stereocenters. The van der Waals surface area contributed by atoms with Crippen LogP contribution in [0, 0.1) is 6.92 Å². The molecule has 1 fully saturated rings. The molecule has 0 radical (unpaired) electrons. The minimum absolute atomic E-state index is 0.0822. The number of thioether (sulfide) groups is 1. The Labute approximate surface area is 206 Å². The van der Waals surface area contributed by atoms with Crippen LogP contribution in [0.3, 0.4) is 0 Å². The molecular weight excluding hydrogens is 452 g/mol. The third kappa shape index (κ3) is 4.58. The number of halogens is 1. The topological polar surface area (TPSA) is 40.6 Å². The number of nitrogens with zero attached hydrogens (tertiary/aromatic N) is 2. The van der Waals surface area contributed by atoms with Crippen molar-refractivity contribution >= 4 is 46.3 Å². The molecule has 2 aromatic rings. The monoisotopic (exact) mass is 482 g/mol. The third-order valence-corrected chi connectivity index (χ3v) is 7.75. The van der Waals surface area contributed by atoms with Crippen LogP contribution in [-0.2, 0) is 11.3 Å². The lowest BCUT2D eigenvalue weighted by Crippen LogP contribution is -2.51. The van der Waals surface area contributed by atoms with Gasteiger partial charge in [0.15, 0.2) is 0 Å². The quantitative estimate of drug-likeness (QED) is 0.426. The molecule has 0 saturated carbocycles. The molecule has 174 valence electrons. The first-order valence-corrected chi connectivity index (χ1v) is 12.6. The van der Waals surface area contributed by atoms with E-state index in [1.54, 1.807) is 12.1 Å². The lowest BCUT2D eigenvalue weighted by Gasteiger charge is -2.50. The molecule has 0 unspecified atom stereocenters. The normalized spacial score (nSPS) is 21.3. The van der Waals surface area contributed by atoms with E-state index in [0.717, 1.165) is 34.9 Å². The van der Waals surface area contributed by atoms with Crippen LogP contribution in [0.25, 0.3) is 6.08 Å². The maximum atomic E-state index is 13.1. The van der Waals surface area contributed by atoms with E-state index in [1.165, 1.54) is 16.2 Å². The van der Waals surface area contributed by atoms with Crippen LogP contribution in [0.15, 0.2) is 41.3 Å². The van der Waals surface area contributed by atoms with Crippen molar-refractivity contribution in [2.24, 2.45) is 0 Å². The number of anilines is 1. The first-order chi connectivity index (χ1) is 15.5. The van der Waals surface area contributed by atoms with E-state index in [4.69, 9.17) is 11.6 Å². The molecule has 0 aliphatic carbocycles. The average Bonchev–Trinajstić information content (AvgIpc) is 2.97. The minimum Gasteiger partial charge on any atom is -0.364 e. The summed E-state index contributed by atoms with van der Waals surface area (Å²) < 4.78 is 0. The number of rotatable bonds is 4. The Hall–Kier alpha value is -2.24. The van der Waals surface area contributed by atoms with Crippen LogP contribution in [-0.4, -0.2) is 27.6 Å². The minimum atomic E-state index is -0.241. The van der Waals surface area contributed by atoms with Crippen LogP contribution in [0.4, 0.5) is 10.5 Å². The highest BCUT2D eigenvalue weighted by atomic mass is 35.5. The zero-order valence-corrected chi connectivity index (χ0v) is 21.7. The van der Waals surface area contributed by atoms with Gasteiger partial charge in [0.1, 0.15) is 0 Å². The van der Waals surface area contributed by atoms with Crippen molar-refractivity contribution < 1.29 is 9.59 Å². The average molecular weight is 483 g/mol. The summed E-state index contributed by atoms with van der Waals surface area (Å²) in [5.74, 6) is 0.174. The van der Waals surface area contributed by atoms with Crippen molar-refractivity contribution in [3.63, 3.8) is 0 Å². The van der Waals surface area contributed by atoms with E-state index in [9.17, 15) is 9.59 Å². The smallest absolute Gasteiger partial charge is 0.293 e. The number of carbonyl (C=O) groups is 2. The van der Waals surface area contributed by atoms with Crippen LogP contribution >= 0.6 is 23.4 Å². The standard InChI is InChI=1S/C27H31ClN2O2S/c1-16(2)30-23-11-17(3)20(12-22(23)18(4)14-27(30,5)6)13-24-25(31)29(26(32)33-24)15-19-7-9-21(28)10-8-19/h7-13,16,18H,14-15H2,1-6H3/b24-13-/t18-/m1/s1. The van der Waals surface area contributed by atoms with Crippen molar-refractivity contribution in [1.82, 2.24) is 4.90 Å². The fourth-order valence-corrected chi connectivity index (χ4v) is 6.25. The number of hydrogen-bond donors (Lipinski definition) is 0. The van der Waals surface area contributed by atoms with Gasteiger partial charge in [-0.3, -0.25) is 14.5 Å². The number of hydrogen-bond acceptors (Lipinski definition) is 4. The molecule has 1 saturated heterocycles. The van der Waals surface area contributed by atoms with Crippen LogP contribution in [0.1, 0.15) is 69.2 Å². The first-order valence-electron chi connectivity index (χ1n) is 11.4. The Balaban J connectivity index is 1.66. The van der Waals surface area contributed by atoms with Gasteiger partial charge < -0.3 is 4.90 Å². The molecular formula is C27H31ClN2O2S. The Morgan fingerprint density at radius 2 is 1.85 bits per heavy atom. The summed E-state index contributed by atoms with van der Waals surface area (Å²) in [5, 5.41) is 0.391. The summed E-state index contributed by atoms with van der Waals surface area (Å²) in [5.41, 5.74) is 5.64. The molecule has 0 spiro atoms. The van der Waals surface area contributed by atoms with Crippen molar-refractivity contribution in [3.05, 3.63) is 68.6 Å². The number of imide groups is 1. The van der Waals surface area contributed by atoms with E-state index in [2.05, 4.69) is 58.6 Å². The molecule has 4 rings (SSSR count). The highest BCUT2D eigenvalue weighted by Crippen LogP contribution is 2.46. The summed E-state index contributed by atoms with van der Waals surface area (Å²) in [6.07, 6.45) is 2.95. The summed E-state index contributed by atoms with van der Waals surface area (Å²) in [7, 11) is 0. The molecule has 0 N–H and O–H groups in total. The summed E-state index contributed by atoms with van der Waals surface area (Å²) in [6, 6.07) is 12.1. The van der Waals surface area contributed by atoms with Crippen molar-refractivity contribution in [3.8, 4) is 0 Å². The van der Waals surface area contributed by atoms with Gasteiger partial charge in [0.05, 0.1) is 11.4 Å². The Bertz CT molecular complexity index is 1140. The van der Waals surface area contributed by atoms with Gasteiger partial charge in [-0.25, -0.2) is 0 Å². The number of carbonyl (C=O) groups excluding carboxylic acids is 2. The largest absolute Gasteiger partial charge is 0.364 e. The third-order valence-electron chi connectivity index (χ3n) is 6.59. The number of aryl methyl sites for hydroxylation is 1. The lowest BCUT2D eigenvalue weighted by molar-refractivity contribution is -0.123. The zero-order chi connectivity index (χ0) is 24.1. The fourth-order valence-electron chi connectivity index (χ4n) is 5.30.